The van der Waals surface area contributed by atoms with Crippen molar-refractivity contribution < 1.29 is 9.13 Å². The van der Waals surface area contributed by atoms with Crippen molar-refractivity contribution in [3.8, 4) is 5.88 Å². The number of aromatic nitrogens is 1. The fraction of sp³-hybridized carbons (Fsp3) is 0.500. The summed E-state index contributed by atoms with van der Waals surface area (Å²) in [7, 11) is 0. The van der Waals surface area contributed by atoms with Crippen LogP contribution in [0.1, 0.15) is 12.0 Å². The zero-order valence-corrected chi connectivity index (χ0v) is 7.72. The van der Waals surface area contributed by atoms with Crippen LogP contribution >= 0.6 is 0 Å². The third kappa shape index (κ3) is 1.10. The highest BCUT2D eigenvalue weighted by molar-refractivity contribution is 5.33. The normalized spacial score (nSPS) is 29.2. The first kappa shape index (κ1) is 8.17. The summed E-state index contributed by atoms with van der Waals surface area (Å²) in [5.41, 5.74) is 0.874. The van der Waals surface area contributed by atoms with E-state index < -0.39 is 5.95 Å². The van der Waals surface area contributed by atoms with Crippen LogP contribution in [0.4, 0.5) is 4.39 Å². The minimum atomic E-state index is -0.466. The summed E-state index contributed by atoms with van der Waals surface area (Å²) in [5, 5.41) is 3.26. The Hall–Kier alpha value is -1.16. The molecule has 0 bridgehead atoms. The molecule has 1 atom stereocenters. The second kappa shape index (κ2) is 2.67. The Labute approximate surface area is 81.3 Å². The maximum absolute atomic E-state index is 12.8. The van der Waals surface area contributed by atoms with Crippen molar-refractivity contribution in [1.29, 1.82) is 0 Å². The predicted molar refractivity (Wildman–Crippen MR) is 48.7 cm³/mol. The van der Waals surface area contributed by atoms with Crippen molar-refractivity contribution >= 4 is 0 Å². The van der Waals surface area contributed by atoms with E-state index >= 15 is 0 Å². The number of nitrogens with one attached hydrogen (secondary N) is 1. The highest BCUT2D eigenvalue weighted by Crippen LogP contribution is 2.36. The molecule has 1 saturated heterocycles. The van der Waals surface area contributed by atoms with Gasteiger partial charge in [0.1, 0.15) is 5.60 Å². The van der Waals surface area contributed by atoms with Crippen LogP contribution in [0.2, 0.25) is 0 Å². The third-order valence-corrected chi connectivity index (χ3v) is 2.94. The summed E-state index contributed by atoms with van der Waals surface area (Å²) in [4.78, 5) is 3.76. The number of rotatable bonds is 0. The number of hydrogen-bond acceptors (Lipinski definition) is 3. The molecule has 0 saturated carbocycles. The molecule has 3 heterocycles. The molecule has 2 aliphatic heterocycles. The summed E-state index contributed by atoms with van der Waals surface area (Å²) in [6.45, 7) is 1.81. The number of ether oxygens (including phenoxy) is 1. The van der Waals surface area contributed by atoms with E-state index in [1.165, 1.54) is 6.07 Å². The number of hydrogen-bond donors (Lipinski definition) is 1. The van der Waals surface area contributed by atoms with E-state index in [0.29, 0.717) is 5.88 Å². The third-order valence-electron chi connectivity index (χ3n) is 2.94. The lowest BCUT2D eigenvalue weighted by Crippen LogP contribution is -2.36. The van der Waals surface area contributed by atoms with E-state index in [4.69, 9.17) is 4.74 Å². The second-order valence-corrected chi connectivity index (χ2v) is 3.99. The van der Waals surface area contributed by atoms with Gasteiger partial charge in [0.05, 0.1) is 0 Å². The van der Waals surface area contributed by atoms with Crippen molar-refractivity contribution in [3.63, 3.8) is 0 Å². The van der Waals surface area contributed by atoms with Crippen LogP contribution in [0.3, 0.4) is 0 Å². The van der Waals surface area contributed by atoms with Gasteiger partial charge in [-0.25, -0.2) is 0 Å². The van der Waals surface area contributed by atoms with Gasteiger partial charge in [-0.2, -0.15) is 9.37 Å². The van der Waals surface area contributed by atoms with E-state index in [-0.39, 0.29) is 5.60 Å². The lowest BCUT2D eigenvalue weighted by Gasteiger charge is -2.20. The molecule has 0 aliphatic carbocycles. The highest BCUT2D eigenvalue weighted by atomic mass is 19.1. The first-order valence-corrected chi connectivity index (χ1v) is 4.83. The molecule has 1 fully saturated rings. The molecule has 0 aromatic carbocycles. The molecular weight excluding hydrogens is 183 g/mol. The van der Waals surface area contributed by atoms with Crippen molar-refractivity contribution in [2.45, 2.75) is 18.4 Å². The summed E-state index contributed by atoms with van der Waals surface area (Å²) in [5.74, 6) is 0.0143. The van der Waals surface area contributed by atoms with E-state index in [0.717, 1.165) is 31.5 Å². The minimum absolute atomic E-state index is 0.150. The van der Waals surface area contributed by atoms with Gasteiger partial charge in [0.2, 0.25) is 11.8 Å². The molecule has 0 radical (unpaired) electrons. The van der Waals surface area contributed by atoms with Crippen LogP contribution in [-0.4, -0.2) is 23.7 Å². The van der Waals surface area contributed by atoms with Gasteiger partial charge in [0.15, 0.2) is 0 Å². The maximum atomic E-state index is 12.8. The monoisotopic (exact) mass is 194 g/mol. The Kier molecular flexibility index (Phi) is 1.56. The molecule has 1 spiro atoms. The van der Waals surface area contributed by atoms with Gasteiger partial charge < -0.3 is 10.1 Å². The van der Waals surface area contributed by atoms with Gasteiger partial charge in [-0.1, -0.05) is 0 Å². The average Bonchev–Trinajstić information content (AvgIpc) is 2.72. The minimum Gasteiger partial charge on any atom is -0.469 e. The fourth-order valence-electron chi connectivity index (χ4n) is 2.22. The van der Waals surface area contributed by atoms with Gasteiger partial charge >= 0.3 is 0 Å². The Morgan fingerprint density at radius 3 is 3.21 bits per heavy atom. The van der Waals surface area contributed by atoms with Gasteiger partial charge in [0.25, 0.3) is 0 Å². The molecule has 14 heavy (non-hydrogen) atoms. The van der Waals surface area contributed by atoms with Gasteiger partial charge in [0, 0.05) is 24.9 Å². The second-order valence-electron chi connectivity index (χ2n) is 3.99. The fourth-order valence-corrected chi connectivity index (χ4v) is 2.22. The van der Waals surface area contributed by atoms with Crippen LogP contribution in [-0.2, 0) is 6.42 Å². The molecular formula is C10H11FN2O. The van der Waals surface area contributed by atoms with Crippen molar-refractivity contribution in [1.82, 2.24) is 10.3 Å². The van der Waals surface area contributed by atoms with Crippen molar-refractivity contribution in [3.05, 3.63) is 23.6 Å². The summed E-state index contributed by atoms with van der Waals surface area (Å²) in [6, 6.07) is 3.16. The average molecular weight is 194 g/mol. The van der Waals surface area contributed by atoms with E-state index in [9.17, 15) is 4.39 Å². The lowest BCUT2D eigenvalue weighted by atomic mass is 9.97. The Balaban J connectivity index is 1.96. The SMILES string of the molecule is Fc1ccc2c(n1)OC1(CCNC1)C2. The zero-order chi connectivity index (χ0) is 9.60. The van der Waals surface area contributed by atoms with Crippen molar-refractivity contribution in [2.75, 3.05) is 13.1 Å². The summed E-state index contributed by atoms with van der Waals surface area (Å²) < 4.78 is 18.6. The molecule has 3 rings (SSSR count). The van der Waals surface area contributed by atoms with Crippen LogP contribution in [0.15, 0.2) is 12.1 Å². The molecule has 3 nitrogen and oxygen atoms in total. The first-order valence-electron chi connectivity index (χ1n) is 4.83. The van der Waals surface area contributed by atoms with Crippen LogP contribution in [0, 0.1) is 5.95 Å². The smallest absolute Gasteiger partial charge is 0.219 e. The van der Waals surface area contributed by atoms with E-state index in [1.54, 1.807) is 6.07 Å². The van der Waals surface area contributed by atoms with Gasteiger partial charge in [-0.15, -0.1) is 0 Å². The van der Waals surface area contributed by atoms with Crippen LogP contribution in [0.5, 0.6) is 5.88 Å². The van der Waals surface area contributed by atoms with Crippen LogP contribution < -0.4 is 10.1 Å². The number of halogens is 1. The highest BCUT2D eigenvalue weighted by Gasteiger charge is 2.42. The number of fused-ring (bicyclic) bond motifs is 1. The summed E-state index contributed by atoms with van der Waals surface area (Å²) >= 11 is 0. The first-order chi connectivity index (χ1) is 6.77. The molecule has 4 heteroatoms. The largest absolute Gasteiger partial charge is 0.469 e. The zero-order valence-electron chi connectivity index (χ0n) is 7.72. The molecule has 1 unspecified atom stereocenters. The van der Waals surface area contributed by atoms with Gasteiger partial charge in [-0.3, -0.25) is 0 Å². The quantitative estimate of drug-likeness (QED) is 0.623. The molecule has 0 amide bonds. The Morgan fingerprint density at radius 2 is 2.43 bits per heavy atom. The summed E-state index contributed by atoms with van der Waals surface area (Å²) in [6.07, 6.45) is 1.83. The predicted octanol–water partition coefficient (Wildman–Crippen LogP) is 0.888. The molecule has 1 N–H and O–H groups in total. The topological polar surface area (TPSA) is 34.1 Å². The van der Waals surface area contributed by atoms with Gasteiger partial charge in [-0.05, 0) is 18.7 Å². The Morgan fingerprint density at radius 1 is 1.50 bits per heavy atom. The standard InChI is InChI=1S/C10H11FN2O/c11-8-2-1-7-5-10(3-4-12-6-10)14-9(7)13-8/h1-2,12H,3-6H2. The molecule has 1 aromatic rings. The molecule has 74 valence electrons. The van der Waals surface area contributed by atoms with Crippen LogP contribution in [0.25, 0.3) is 0 Å². The number of pyridine rings is 1. The van der Waals surface area contributed by atoms with Crippen molar-refractivity contribution in [2.24, 2.45) is 0 Å². The lowest BCUT2D eigenvalue weighted by molar-refractivity contribution is 0.112. The van der Waals surface area contributed by atoms with E-state index in [2.05, 4.69) is 10.3 Å². The molecule has 2 aliphatic rings. The van der Waals surface area contributed by atoms with E-state index in [1.807, 2.05) is 0 Å². The number of nitrogens with zero attached hydrogens (tertiary/aromatic N) is 1. The maximum Gasteiger partial charge on any atom is 0.219 e. The Bertz CT molecular complexity index is 374. The molecule has 1 aromatic heterocycles.